The lowest BCUT2D eigenvalue weighted by Gasteiger charge is -2.21. The number of nitrogens with zero attached hydrogens (tertiary/aromatic N) is 6. The molecule has 1 amide bonds. The minimum absolute atomic E-state index is 0.172. The molecule has 0 spiro atoms. The van der Waals surface area contributed by atoms with Crippen LogP contribution in [-0.2, 0) is 7.05 Å². The predicted octanol–water partition coefficient (Wildman–Crippen LogP) is 1.29. The van der Waals surface area contributed by atoms with E-state index in [4.69, 9.17) is 4.74 Å². The van der Waals surface area contributed by atoms with Crippen molar-refractivity contribution < 1.29 is 9.53 Å². The lowest BCUT2D eigenvalue weighted by molar-refractivity contribution is 0.102. The first-order valence-corrected chi connectivity index (χ1v) is 7.04. The number of anilines is 1. The third kappa shape index (κ3) is 3.28. The molecule has 0 aromatic carbocycles. The van der Waals surface area contributed by atoms with E-state index < -0.39 is 5.91 Å². The zero-order valence-electron chi connectivity index (χ0n) is 13.3. The summed E-state index contributed by atoms with van der Waals surface area (Å²) in [4.78, 5) is 16.3. The largest absolute Gasteiger partial charge is 0.472 e. The number of amides is 1. The second-order valence-electron chi connectivity index (χ2n) is 6.02. The molecule has 120 valence electrons. The number of pyridine rings is 1. The summed E-state index contributed by atoms with van der Waals surface area (Å²) in [6.07, 6.45) is 1.51. The zero-order valence-corrected chi connectivity index (χ0v) is 13.3. The standard InChI is InChI=1S/C14H17N7O2/c1-14(2,3)23-11-7-5-6-10-15-13(18-21(10)11)16-12(22)9-8-20(4)19-17-9/h5-8H,1-4H3,(H,16,18,22). The molecule has 23 heavy (non-hydrogen) atoms. The number of ether oxygens (including phenoxy) is 1. The molecule has 0 unspecified atom stereocenters. The van der Waals surface area contributed by atoms with Crippen molar-refractivity contribution in [3.8, 4) is 5.88 Å². The van der Waals surface area contributed by atoms with Crippen molar-refractivity contribution in [1.29, 1.82) is 0 Å². The van der Waals surface area contributed by atoms with Gasteiger partial charge in [0, 0.05) is 13.1 Å². The van der Waals surface area contributed by atoms with Gasteiger partial charge in [-0.15, -0.1) is 10.2 Å². The van der Waals surface area contributed by atoms with Crippen LogP contribution in [0, 0.1) is 0 Å². The van der Waals surface area contributed by atoms with Crippen LogP contribution in [0.15, 0.2) is 24.4 Å². The SMILES string of the molecule is Cn1cc(C(=O)Nc2nc3cccc(OC(C)(C)C)n3n2)nn1. The van der Waals surface area contributed by atoms with Gasteiger partial charge in [0.25, 0.3) is 5.91 Å². The summed E-state index contributed by atoms with van der Waals surface area (Å²) in [5, 5.41) is 14.3. The maximum atomic E-state index is 12.1. The molecule has 0 saturated carbocycles. The Bertz CT molecular complexity index is 860. The molecule has 3 rings (SSSR count). The molecule has 0 aliphatic carbocycles. The van der Waals surface area contributed by atoms with Crippen LogP contribution in [-0.4, -0.2) is 41.1 Å². The molecule has 3 aromatic heterocycles. The highest BCUT2D eigenvalue weighted by Crippen LogP contribution is 2.19. The molecule has 9 nitrogen and oxygen atoms in total. The van der Waals surface area contributed by atoms with Crippen molar-refractivity contribution in [3.05, 3.63) is 30.1 Å². The Morgan fingerprint density at radius 2 is 2.09 bits per heavy atom. The van der Waals surface area contributed by atoms with Gasteiger partial charge in [-0.2, -0.15) is 9.50 Å². The van der Waals surface area contributed by atoms with Crippen LogP contribution in [0.2, 0.25) is 0 Å². The maximum absolute atomic E-state index is 12.1. The normalized spacial score (nSPS) is 11.7. The molecule has 0 radical (unpaired) electrons. The predicted molar refractivity (Wildman–Crippen MR) is 82.3 cm³/mol. The highest BCUT2D eigenvalue weighted by molar-refractivity contribution is 6.01. The molecule has 0 aliphatic rings. The minimum atomic E-state index is -0.424. The fourth-order valence-corrected chi connectivity index (χ4v) is 1.94. The smallest absolute Gasteiger partial charge is 0.280 e. The molecule has 0 atom stereocenters. The van der Waals surface area contributed by atoms with E-state index in [9.17, 15) is 4.79 Å². The van der Waals surface area contributed by atoms with Crippen LogP contribution in [0.3, 0.4) is 0 Å². The van der Waals surface area contributed by atoms with Crippen molar-refractivity contribution in [2.75, 3.05) is 5.32 Å². The number of hydrogen-bond acceptors (Lipinski definition) is 6. The summed E-state index contributed by atoms with van der Waals surface area (Å²) in [5.41, 5.74) is 0.391. The van der Waals surface area contributed by atoms with Gasteiger partial charge in [0.05, 0.1) is 6.20 Å². The van der Waals surface area contributed by atoms with Crippen LogP contribution in [0.4, 0.5) is 5.95 Å². The number of carbonyl (C=O) groups excluding carboxylic acids is 1. The van der Waals surface area contributed by atoms with Gasteiger partial charge in [0.2, 0.25) is 11.8 Å². The van der Waals surface area contributed by atoms with E-state index in [1.165, 1.54) is 15.4 Å². The zero-order chi connectivity index (χ0) is 16.6. The van der Waals surface area contributed by atoms with E-state index in [2.05, 4.69) is 25.7 Å². The minimum Gasteiger partial charge on any atom is -0.472 e. The summed E-state index contributed by atoms with van der Waals surface area (Å²) in [5.74, 6) is 0.292. The molecule has 0 bridgehead atoms. The highest BCUT2D eigenvalue weighted by Gasteiger charge is 2.17. The molecule has 0 fully saturated rings. The van der Waals surface area contributed by atoms with Crippen LogP contribution in [0.25, 0.3) is 5.65 Å². The van der Waals surface area contributed by atoms with Gasteiger partial charge < -0.3 is 4.74 Å². The number of carbonyl (C=O) groups is 1. The quantitative estimate of drug-likeness (QED) is 0.782. The lowest BCUT2D eigenvalue weighted by Crippen LogP contribution is -2.24. The monoisotopic (exact) mass is 315 g/mol. The molecule has 3 aromatic rings. The van der Waals surface area contributed by atoms with Crippen molar-refractivity contribution in [3.63, 3.8) is 0 Å². The summed E-state index contributed by atoms with van der Waals surface area (Å²) in [7, 11) is 1.68. The Labute approximate surface area is 132 Å². The second kappa shape index (κ2) is 5.34. The number of hydrogen-bond donors (Lipinski definition) is 1. The van der Waals surface area contributed by atoms with Gasteiger partial charge in [-0.3, -0.25) is 14.8 Å². The number of fused-ring (bicyclic) bond motifs is 1. The summed E-state index contributed by atoms with van der Waals surface area (Å²) >= 11 is 0. The molecule has 9 heteroatoms. The first kappa shape index (κ1) is 14.9. The third-order valence-electron chi connectivity index (χ3n) is 2.80. The molecule has 3 heterocycles. The topological polar surface area (TPSA) is 99.2 Å². The third-order valence-corrected chi connectivity index (χ3v) is 2.80. The number of aryl methyl sites for hydroxylation is 1. The number of aromatic nitrogens is 6. The van der Waals surface area contributed by atoms with Gasteiger partial charge in [-0.1, -0.05) is 11.3 Å². The van der Waals surface area contributed by atoms with Crippen molar-refractivity contribution in [2.24, 2.45) is 7.05 Å². The van der Waals surface area contributed by atoms with E-state index in [0.29, 0.717) is 11.5 Å². The Kier molecular flexibility index (Phi) is 3.47. The summed E-state index contributed by atoms with van der Waals surface area (Å²) in [6.45, 7) is 5.83. The second-order valence-corrected chi connectivity index (χ2v) is 6.02. The number of rotatable bonds is 3. The van der Waals surface area contributed by atoms with E-state index in [1.807, 2.05) is 26.8 Å². The van der Waals surface area contributed by atoms with Gasteiger partial charge in [0.1, 0.15) is 5.60 Å². The van der Waals surface area contributed by atoms with Gasteiger partial charge in [0.15, 0.2) is 11.3 Å². The lowest BCUT2D eigenvalue weighted by atomic mass is 10.2. The van der Waals surface area contributed by atoms with E-state index >= 15 is 0 Å². The van der Waals surface area contributed by atoms with Gasteiger partial charge in [-0.25, -0.2) is 0 Å². The molecule has 0 aliphatic heterocycles. The Hall–Kier alpha value is -2.97. The van der Waals surface area contributed by atoms with Crippen LogP contribution < -0.4 is 10.1 Å². The summed E-state index contributed by atoms with van der Waals surface area (Å²) < 4.78 is 8.83. The Morgan fingerprint density at radius 1 is 1.30 bits per heavy atom. The van der Waals surface area contributed by atoms with E-state index in [-0.39, 0.29) is 17.2 Å². The van der Waals surface area contributed by atoms with Crippen LogP contribution in [0.5, 0.6) is 5.88 Å². The summed E-state index contributed by atoms with van der Waals surface area (Å²) in [6, 6.07) is 5.39. The fourth-order valence-electron chi connectivity index (χ4n) is 1.94. The molecular weight excluding hydrogens is 298 g/mol. The van der Waals surface area contributed by atoms with E-state index in [0.717, 1.165) is 0 Å². The van der Waals surface area contributed by atoms with Crippen molar-refractivity contribution >= 4 is 17.5 Å². The van der Waals surface area contributed by atoms with Crippen LogP contribution >= 0.6 is 0 Å². The first-order valence-electron chi connectivity index (χ1n) is 7.04. The van der Waals surface area contributed by atoms with E-state index in [1.54, 1.807) is 19.2 Å². The van der Waals surface area contributed by atoms with Crippen LogP contribution in [0.1, 0.15) is 31.3 Å². The van der Waals surface area contributed by atoms with Gasteiger partial charge in [-0.05, 0) is 26.8 Å². The first-order chi connectivity index (χ1) is 10.8. The van der Waals surface area contributed by atoms with Gasteiger partial charge >= 0.3 is 0 Å². The Balaban J connectivity index is 1.88. The van der Waals surface area contributed by atoms with Crippen molar-refractivity contribution in [1.82, 2.24) is 29.6 Å². The maximum Gasteiger partial charge on any atom is 0.280 e. The Morgan fingerprint density at radius 3 is 2.74 bits per heavy atom. The van der Waals surface area contributed by atoms with Crippen molar-refractivity contribution in [2.45, 2.75) is 26.4 Å². The number of nitrogens with one attached hydrogen (secondary N) is 1. The molecular formula is C14H17N7O2. The fraction of sp³-hybridized carbons (Fsp3) is 0.357. The average Bonchev–Trinajstić information content (AvgIpc) is 3.03. The average molecular weight is 315 g/mol. The molecule has 0 saturated heterocycles. The molecule has 1 N–H and O–H groups in total. The highest BCUT2D eigenvalue weighted by atomic mass is 16.5.